The lowest BCUT2D eigenvalue weighted by Gasteiger charge is -2.11. The molecule has 0 aliphatic rings. The zero-order valence-electron chi connectivity index (χ0n) is 15.1. The van der Waals surface area contributed by atoms with E-state index in [-0.39, 0.29) is 10.7 Å². The van der Waals surface area contributed by atoms with Crippen LogP contribution < -0.4 is 4.72 Å². The van der Waals surface area contributed by atoms with Crippen molar-refractivity contribution in [1.29, 1.82) is 0 Å². The molecule has 0 spiro atoms. The average molecular weight is 412 g/mol. The highest BCUT2D eigenvalue weighted by Crippen LogP contribution is 2.22. The lowest BCUT2D eigenvalue weighted by atomic mass is 10.1. The Hall–Kier alpha value is -2.89. The number of hydrogen-bond acceptors (Lipinski definition) is 3. The molecule has 0 aliphatic carbocycles. The predicted octanol–water partition coefficient (Wildman–Crippen LogP) is 5.35. The molecule has 4 nitrogen and oxygen atoms in total. The standard InChI is InChI=1S/C22H18ClNO3S/c1-16-6-13-20(14-7-16)28(26,27)24-21-5-3-2-4-17(21)10-15-22(25)18-8-11-19(23)12-9-18/h2-15,24H,1H3/b15-10+. The molecule has 3 aromatic rings. The number of carbonyl (C=O) groups is 1. The summed E-state index contributed by atoms with van der Waals surface area (Å²) in [5.74, 6) is -0.201. The zero-order valence-corrected chi connectivity index (χ0v) is 16.7. The van der Waals surface area contributed by atoms with Crippen LogP contribution in [0.25, 0.3) is 6.08 Å². The van der Waals surface area contributed by atoms with Crippen molar-refractivity contribution in [3.05, 3.63) is 101 Å². The van der Waals surface area contributed by atoms with Crippen LogP contribution in [0.15, 0.2) is 83.8 Å². The summed E-state index contributed by atoms with van der Waals surface area (Å²) < 4.78 is 27.9. The zero-order chi connectivity index (χ0) is 20.1. The normalized spacial score (nSPS) is 11.5. The minimum Gasteiger partial charge on any atom is -0.289 e. The van der Waals surface area contributed by atoms with Gasteiger partial charge in [-0.1, -0.05) is 47.5 Å². The fraction of sp³-hybridized carbons (Fsp3) is 0.0455. The van der Waals surface area contributed by atoms with Crippen molar-refractivity contribution in [2.75, 3.05) is 4.72 Å². The first kappa shape index (κ1) is 19.9. The molecule has 28 heavy (non-hydrogen) atoms. The van der Waals surface area contributed by atoms with Gasteiger partial charge in [0.25, 0.3) is 10.0 Å². The van der Waals surface area contributed by atoms with Gasteiger partial charge in [0.05, 0.1) is 10.6 Å². The number of benzene rings is 3. The predicted molar refractivity (Wildman–Crippen MR) is 113 cm³/mol. The smallest absolute Gasteiger partial charge is 0.261 e. The molecule has 6 heteroatoms. The van der Waals surface area contributed by atoms with E-state index in [1.165, 1.54) is 6.08 Å². The molecule has 142 valence electrons. The van der Waals surface area contributed by atoms with Gasteiger partial charge in [0.15, 0.2) is 5.78 Å². The highest BCUT2D eigenvalue weighted by atomic mass is 35.5. The molecule has 0 saturated carbocycles. The van der Waals surface area contributed by atoms with Gasteiger partial charge >= 0.3 is 0 Å². The van der Waals surface area contributed by atoms with Crippen LogP contribution in [0.5, 0.6) is 0 Å². The molecule has 0 aliphatic heterocycles. The Kier molecular flexibility index (Phi) is 5.97. The first-order valence-corrected chi connectivity index (χ1v) is 10.4. The van der Waals surface area contributed by atoms with Crippen LogP contribution >= 0.6 is 11.6 Å². The lowest BCUT2D eigenvalue weighted by Crippen LogP contribution is -2.13. The van der Waals surface area contributed by atoms with Crippen molar-refractivity contribution in [3.8, 4) is 0 Å². The molecular weight excluding hydrogens is 394 g/mol. The summed E-state index contributed by atoms with van der Waals surface area (Å²) in [6.45, 7) is 1.89. The number of carbonyl (C=O) groups excluding carboxylic acids is 1. The number of anilines is 1. The first-order valence-electron chi connectivity index (χ1n) is 8.52. The van der Waals surface area contributed by atoms with E-state index >= 15 is 0 Å². The fourth-order valence-corrected chi connectivity index (χ4v) is 3.75. The third-order valence-electron chi connectivity index (χ3n) is 4.08. The van der Waals surface area contributed by atoms with Gasteiger partial charge in [0, 0.05) is 10.6 Å². The van der Waals surface area contributed by atoms with Crippen LogP contribution in [0.4, 0.5) is 5.69 Å². The number of sulfonamides is 1. The van der Waals surface area contributed by atoms with Gasteiger partial charge in [-0.25, -0.2) is 8.42 Å². The first-order chi connectivity index (χ1) is 13.3. The van der Waals surface area contributed by atoms with Crippen molar-refractivity contribution in [2.45, 2.75) is 11.8 Å². The Bertz CT molecular complexity index is 1120. The molecule has 3 rings (SSSR count). The lowest BCUT2D eigenvalue weighted by molar-refractivity contribution is 0.104. The van der Waals surface area contributed by atoms with Crippen LogP contribution in [0.2, 0.25) is 5.02 Å². The third kappa shape index (κ3) is 4.88. The van der Waals surface area contributed by atoms with Gasteiger partial charge in [0.2, 0.25) is 0 Å². The molecule has 0 fully saturated rings. The monoisotopic (exact) mass is 411 g/mol. The molecule has 0 atom stereocenters. The second-order valence-corrected chi connectivity index (χ2v) is 8.33. The summed E-state index contributed by atoms with van der Waals surface area (Å²) in [5.41, 5.74) is 2.45. The molecule has 0 saturated heterocycles. The molecule has 0 unspecified atom stereocenters. The van der Waals surface area contributed by atoms with Gasteiger partial charge in [-0.05, 0) is 67.1 Å². The molecule has 3 aromatic carbocycles. The van der Waals surface area contributed by atoms with Crippen LogP contribution in [-0.4, -0.2) is 14.2 Å². The van der Waals surface area contributed by atoms with E-state index in [0.29, 0.717) is 21.8 Å². The van der Waals surface area contributed by atoms with Crippen molar-refractivity contribution in [2.24, 2.45) is 0 Å². The molecule has 0 aromatic heterocycles. The highest BCUT2D eigenvalue weighted by Gasteiger charge is 2.15. The second kappa shape index (κ2) is 8.42. The highest BCUT2D eigenvalue weighted by molar-refractivity contribution is 7.92. The van der Waals surface area contributed by atoms with E-state index in [4.69, 9.17) is 11.6 Å². The van der Waals surface area contributed by atoms with Crippen molar-refractivity contribution < 1.29 is 13.2 Å². The van der Waals surface area contributed by atoms with Crippen molar-refractivity contribution >= 4 is 39.2 Å². The Morgan fingerprint density at radius 3 is 2.25 bits per heavy atom. The van der Waals surface area contributed by atoms with Gasteiger partial charge in [-0.2, -0.15) is 0 Å². The number of hydrogen-bond donors (Lipinski definition) is 1. The number of ketones is 1. The molecular formula is C22H18ClNO3S. The minimum absolute atomic E-state index is 0.175. The second-order valence-electron chi connectivity index (χ2n) is 6.21. The SMILES string of the molecule is Cc1ccc(S(=O)(=O)Nc2ccccc2/C=C/C(=O)c2ccc(Cl)cc2)cc1. The number of halogens is 1. The van der Waals surface area contributed by atoms with E-state index in [2.05, 4.69) is 4.72 Å². The summed E-state index contributed by atoms with van der Waals surface area (Å²) in [6.07, 6.45) is 2.99. The van der Waals surface area contributed by atoms with Gasteiger partial charge in [-0.15, -0.1) is 0 Å². The summed E-state index contributed by atoms with van der Waals surface area (Å²) >= 11 is 5.84. The molecule has 1 N–H and O–H groups in total. The van der Waals surface area contributed by atoms with Crippen LogP contribution in [0.3, 0.4) is 0 Å². The summed E-state index contributed by atoms with van der Waals surface area (Å²) in [5, 5.41) is 0.552. The molecule has 0 amide bonds. The van der Waals surface area contributed by atoms with Crippen molar-refractivity contribution in [1.82, 2.24) is 0 Å². The Morgan fingerprint density at radius 2 is 1.57 bits per heavy atom. The maximum absolute atomic E-state index is 12.6. The summed E-state index contributed by atoms with van der Waals surface area (Å²) in [6, 6.07) is 20.1. The Labute approximate surface area is 169 Å². The molecule has 0 radical (unpaired) electrons. The number of nitrogens with one attached hydrogen (secondary N) is 1. The van der Waals surface area contributed by atoms with E-state index in [1.54, 1.807) is 78.9 Å². The largest absolute Gasteiger partial charge is 0.289 e. The minimum atomic E-state index is -3.73. The Morgan fingerprint density at radius 1 is 0.929 bits per heavy atom. The van der Waals surface area contributed by atoms with Crippen molar-refractivity contribution in [3.63, 3.8) is 0 Å². The van der Waals surface area contributed by atoms with Crippen LogP contribution in [0.1, 0.15) is 21.5 Å². The van der Waals surface area contributed by atoms with E-state index in [1.807, 2.05) is 6.92 Å². The number of para-hydroxylation sites is 1. The Balaban J connectivity index is 1.84. The number of aryl methyl sites for hydroxylation is 1. The third-order valence-corrected chi connectivity index (χ3v) is 5.71. The molecule has 0 heterocycles. The maximum Gasteiger partial charge on any atom is 0.261 e. The van der Waals surface area contributed by atoms with E-state index in [0.717, 1.165) is 5.56 Å². The quantitative estimate of drug-likeness (QED) is 0.439. The number of allylic oxidation sites excluding steroid dienone is 1. The summed E-state index contributed by atoms with van der Waals surface area (Å²) in [4.78, 5) is 12.5. The van der Waals surface area contributed by atoms with Crippen LogP contribution in [0, 0.1) is 6.92 Å². The van der Waals surface area contributed by atoms with E-state index in [9.17, 15) is 13.2 Å². The van der Waals surface area contributed by atoms with Gasteiger partial charge in [-0.3, -0.25) is 9.52 Å². The average Bonchev–Trinajstić information content (AvgIpc) is 2.68. The van der Waals surface area contributed by atoms with Gasteiger partial charge < -0.3 is 0 Å². The number of rotatable bonds is 6. The van der Waals surface area contributed by atoms with E-state index < -0.39 is 10.0 Å². The fourth-order valence-electron chi connectivity index (χ4n) is 2.53. The summed E-state index contributed by atoms with van der Waals surface area (Å²) in [7, 11) is -3.73. The van der Waals surface area contributed by atoms with Gasteiger partial charge in [0.1, 0.15) is 0 Å². The van der Waals surface area contributed by atoms with Crippen LogP contribution in [-0.2, 0) is 10.0 Å². The topological polar surface area (TPSA) is 63.2 Å². The molecule has 0 bridgehead atoms. The maximum atomic E-state index is 12.6.